The van der Waals surface area contributed by atoms with Crippen molar-refractivity contribution in [2.75, 3.05) is 6.61 Å². The Morgan fingerprint density at radius 1 is 1.05 bits per heavy atom. The summed E-state index contributed by atoms with van der Waals surface area (Å²) in [6.45, 7) is 10.9. The molecular weight excluding hydrogens is 286 g/mol. The van der Waals surface area contributed by atoms with Crippen molar-refractivity contribution < 1.29 is 24.0 Å². The third-order valence-electron chi connectivity index (χ3n) is 3.47. The third-order valence-corrected chi connectivity index (χ3v) is 3.47. The molecule has 0 aromatic heterocycles. The van der Waals surface area contributed by atoms with Gasteiger partial charge in [0.25, 0.3) is 11.8 Å². The number of carbonyl (C=O) groups is 3. The van der Waals surface area contributed by atoms with Crippen molar-refractivity contribution in [1.82, 2.24) is 5.06 Å². The topological polar surface area (TPSA) is 72.9 Å². The molecule has 0 spiro atoms. The van der Waals surface area contributed by atoms with Crippen LogP contribution >= 0.6 is 0 Å². The molecule has 1 fully saturated rings. The Hall–Kier alpha value is -1.43. The van der Waals surface area contributed by atoms with E-state index in [-0.39, 0.29) is 24.7 Å². The lowest BCUT2D eigenvalue weighted by atomic mass is 9.93. The van der Waals surface area contributed by atoms with Gasteiger partial charge in [-0.25, -0.2) is 4.79 Å². The zero-order valence-corrected chi connectivity index (χ0v) is 14.2. The highest BCUT2D eigenvalue weighted by atomic mass is 16.7. The molecule has 0 aromatic rings. The predicted octanol–water partition coefficient (Wildman–Crippen LogP) is 2.61. The summed E-state index contributed by atoms with van der Waals surface area (Å²) in [5.74, 6) is -1.51. The maximum atomic E-state index is 11.7. The highest BCUT2D eigenvalue weighted by molar-refractivity contribution is 6.01. The molecule has 1 aliphatic heterocycles. The second-order valence-corrected chi connectivity index (χ2v) is 7.46. The number of ether oxygens (including phenoxy) is 1. The predicted molar refractivity (Wildman–Crippen MR) is 80.5 cm³/mol. The van der Waals surface area contributed by atoms with Crippen LogP contribution in [-0.2, 0) is 24.0 Å². The maximum absolute atomic E-state index is 11.7. The Kier molecular flexibility index (Phi) is 6.11. The molecule has 126 valence electrons. The molecule has 0 aromatic carbocycles. The minimum absolute atomic E-state index is 0.0968. The van der Waals surface area contributed by atoms with Crippen LogP contribution < -0.4 is 0 Å². The number of nitrogens with zero attached hydrogens (tertiary/aromatic N) is 1. The first-order valence-electron chi connectivity index (χ1n) is 7.71. The van der Waals surface area contributed by atoms with Gasteiger partial charge in [-0.15, -0.1) is 5.06 Å². The van der Waals surface area contributed by atoms with E-state index in [1.54, 1.807) is 0 Å². The summed E-state index contributed by atoms with van der Waals surface area (Å²) < 4.78 is 5.81. The molecule has 0 bridgehead atoms. The van der Waals surface area contributed by atoms with Crippen LogP contribution in [0.25, 0.3) is 0 Å². The van der Waals surface area contributed by atoms with Crippen LogP contribution in [0, 0.1) is 5.41 Å². The van der Waals surface area contributed by atoms with E-state index in [0.29, 0.717) is 18.1 Å². The molecule has 0 atom stereocenters. The van der Waals surface area contributed by atoms with E-state index in [0.717, 1.165) is 6.42 Å². The lowest BCUT2D eigenvalue weighted by Gasteiger charge is -2.27. The average Bonchev–Trinajstić information content (AvgIpc) is 2.66. The van der Waals surface area contributed by atoms with Gasteiger partial charge in [0.15, 0.2) is 0 Å². The number of rotatable bonds is 7. The smallest absolute Gasteiger partial charge is 0.333 e. The fraction of sp³-hybridized carbons (Fsp3) is 0.812. The number of carbonyl (C=O) groups excluding carboxylic acids is 3. The molecule has 22 heavy (non-hydrogen) atoms. The van der Waals surface area contributed by atoms with Crippen molar-refractivity contribution in [3.05, 3.63) is 0 Å². The van der Waals surface area contributed by atoms with Gasteiger partial charge in [0.2, 0.25) is 0 Å². The highest BCUT2D eigenvalue weighted by Crippen LogP contribution is 2.23. The average molecular weight is 313 g/mol. The summed E-state index contributed by atoms with van der Waals surface area (Å²) >= 11 is 0. The van der Waals surface area contributed by atoms with Crippen molar-refractivity contribution >= 4 is 17.8 Å². The molecule has 0 unspecified atom stereocenters. The van der Waals surface area contributed by atoms with E-state index in [1.807, 2.05) is 13.8 Å². The van der Waals surface area contributed by atoms with Gasteiger partial charge >= 0.3 is 5.97 Å². The van der Waals surface area contributed by atoms with Crippen LogP contribution in [0.1, 0.15) is 66.7 Å². The number of hydroxylamine groups is 2. The van der Waals surface area contributed by atoms with Gasteiger partial charge in [0, 0.05) is 19.4 Å². The molecule has 1 aliphatic rings. The Morgan fingerprint density at radius 3 is 2.09 bits per heavy atom. The first-order chi connectivity index (χ1) is 10.0. The summed E-state index contributed by atoms with van der Waals surface area (Å²) in [6, 6.07) is 0. The standard InChI is InChI=1S/C16H27NO5/c1-15(2,3)10-11-21-16(4,5)9-8-14(20)22-17-12(18)6-7-13(17)19/h6-11H2,1-5H3. The van der Waals surface area contributed by atoms with Crippen molar-refractivity contribution in [3.63, 3.8) is 0 Å². The van der Waals surface area contributed by atoms with Crippen molar-refractivity contribution in [2.24, 2.45) is 5.41 Å². The molecule has 0 N–H and O–H groups in total. The summed E-state index contributed by atoms with van der Waals surface area (Å²) in [5.41, 5.74) is -0.255. The van der Waals surface area contributed by atoms with Crippen LogP contribution in [0.4, 0.5) is 0 Å². The maximum Gasteiger partial charge on any atom is 0.333 e. The fourth-order valence-electron chi connectivity index (χ4n) is 1.91. The largest absolute Gasteiger partial charge is 0.376 e. The van der Waals surface area contributed by atoms with Gasteiger partial charge in [-0.2, -0.15) is 0 Å². The van der Waals surface area contributed by atoms with Gasteiger partial charge in [-0.1, -0.05) is 20.8 Å². The van der Waals surface area contributed by atoms with E-state index >= 15 is 0 Å². The van der Waals surface area contributed by atoms with E-state index in [4.69, 9.17) is 9.57 Å². The van der Waals surface area contributed by atoms with E-state index in [1.165, 1.54) is 0 Å². The lowest BCUT2D eigenvalue weighted by molar-refractivity contribution is -0.198. The zero-order chi connectivity index (χ0) is 17.0. The van der Waals surface area contributed by atoms with Crippen LogP contribution in [0.3, 0.4) is 0 Å². The van der Waals surface area contributed by atoms with Crippen LogP contribution in [0.5, 0.6) is 0 Å². The number of hydrogen-bond donors (Lipinski definition) is 0. The Bertz CT molecular complexity index is 420. The lowest BCUT2D eigenvalue weighted by Crippen LogP contribution is -2.33. The SMILES string of the molecule is CC(C)(C)CCOC(C)(C)CCC(=O)ON1C(=O)CCC1=O. The van der Waals surface area contributed by atoms with E-state index < -0.39 is 23.4 Å². The minimum atomic E-state index is -0.587. The van der Waals surface area contributed by atoms with E-state index in [9.17, 15) is 14.4 Å². The number of imide groups is 1. The van der Waals surface area contributed by atoms with Crippen LogP contribution in [-0.4, -0.2) is 35.1 Å². The zero-order valence-electron chi connectivity index (χ0n) is 14.2. The third kappa shape index (κ3) is 6.56. The molecule has 0 radical (unpaired) electrons. The second kappa shape index (κ2) is 7.22. The fourth-order valence-corrected chi connectivity index (χ4v) is 1.91. The summed E-state index contributed by atoms with van der Waals surface area (Å²) in [7, 11) is 0. The number of amides is 2. The summed E-state index contributed by atoms with van der Waals surface area (Å²) in [6.07, 6.45) is 1.70. The molecule has 6 heteroatoms. The normalized spacial score (nSPS) is 16.3. The molecule has 2 amide bonds. The van der Waals surface area contributed by atoms with Crippen LogP contribution in [0.15, 0.2) is 0 Å². The minimum Gasteiger partial charge on any atom is -0.376 e. The highest BCUT2D eigenvalue weighted by Gasteiger charge is 2.33. The van der Waals surface area contributed by atoms with Crippen molar-refractivity contribution in [1.29, 1.82) is 0 Å². The molecule has 1 saturated heterocycles. The molecule has 1 heterocycles. The molecule has 1 rings (SSSR count). The Balaban J connectivity index is 2.33. The first kappa shape index (κ1) is 18.6. The van der Waals surface area contributed by atoms with Gasteiger partial charge in [-0.05, 0) is 32.1 Å². The number of hydrogen-bond acceptors (Lipinski definition) is 5. The van der Waals surface area contributed by atoms with Crippen LogP contribution in [0.2, 0.25) is 0 Å². The quantitative estimate of drug-likeness (QED) is 0.675. The molecule has 0 aliphatic carbocycles. The van der Waals surface area contributed by atoms with Gasteiger partial charge in [-0.3, -0.25) is 9.59 Å². The van der Waals surface area contributed by atoms with Crippen molar-refractivity contribution in [2.45, 2.75) is 72.3 Å². The molecular formula is C16H27NO5. The second-order valence-electron chi connectivity index (χ2n) is 7.46. The van der Waals surface area contributed by atoms with Gasteiger partial charge < -0.3 is 9.57 Å². The van der Waals surface area contributed by atoms with Gasteiger partial charge in [0.1, 0.15) is 0 Å². The Labute approximate surface area is 132 Å². The Morgan fingerprint density at radius 2 is 1.59 bits per heavy atom. The molecule has 0 saturated carbocycles. The monoisotopic (exact) mass is 313 g/mol. The van der Waals surface area contributed by atoms with Crippen molar-refractivity contribution in [3.8, 4) is 0 Å². The summed E-state index contributed by atoms with van der Waals surface area (Å²) in [4.78, 5) is 39.3. The van der Waals surface area contributed by atoms with E-state index in [2.05, 4.69) is 20.8 Å². The summed E-state index contributed by atoms with van der Waals surface area (Å²) in [5, 5.41) is 0.579. The van der Waals surface area contributed by atoms with Gasteiger partial charge in [0.05, 0.1) is 12.0 Å². The first-order valence-corrected chi connectivity index (χ1v) is 7.71. The molecule has 6 nitrogen and oxygen atoms in total.